The Morgan fingerprint density at radius 2 is 1.96 bits per heavy atom. The van der Waals surface area contributed by atoms with Crippen molar-refractivity contribution >= 4 is 40.7 Å². The van der Waals surface area contributed by atoms with Crippen LogP contribution in [-0.4, -0.2) is 23.3 Å². The second-order valence-corrected chi connectivity index (χ2v) is 6.41. The number of aromatic nitrogens is 1. The van der Waals surface area contributed by atoms with Gasteiger partial charge < -0.3 is 19.8 Å². The third-order valence-electron chi connectivity index (χ3n) is 3.52. The molecule has 0 aliphatic heterocycles. The van der Waals surface area contributed by atoms with E-state index in [9.17, 15) is 9.59 Å². The number of pyridine rings is 1. The van der Waals surface area contributed by atoms with E-state index in [4.69, 9.17) is 32.4 Å². The van der Waals surface area contributed by atoms with Crippen molar-refractivity contribution in [2.24, 2.45) is 0 Å². The van der Waals surface area contributed by atoms with E-state index < -0.39 is 0 Å². The number of carbonyl (C=O) groups is 2. The number of nitrogens with one attached hydrogen (secondary N) is 2. The summed E-state index contributed by atoms with van der Waals surface area (Å²) in [4.78, 5) is 28.0. The molecule has 1 aromatic carbocycles. The molecule has 9 heteroatoms. The Hall–Kier alpha value is -3.03. The van der Waals surface area contributed by atoms with Crippen LogP contribution in [0, 0.1) is 0 Å². The maximum Gasteiger partial charge on any atom is 0.286 e. The largest absolute Gasteiger partial charge is 0.459 e. The van der Waals surface area contributed by atoms with E-state index in [0.29, 0.717) is 16.5 Å². The Kier molecular flexibility index (Phi) is 6.52. The maximum atomic E-state index is 12.2. The van der Waals surface area contributed by atoms with E-state index in [1.807, 2.05) is 0 Å². The molecule has 0 saturated carbocycles. The number of rotatable bonds is 7. The molecular weight excluding hydrogens is 405 g/mol. The monoisotopic (exact) mass is 419 g/mol. The minimum absolute atomic E-state index is 0.0702. The number of halogens is 2. The number of ether oxygens (including phenoxy) is 1. The van der Waals surface area contributed by atoms with Crippen molar-refractivity contribution in [3.05, 3.63) is 70.7 Å². The van der Waals surface area contributed by atoms with Crippen LogP contribution in [0.1, 0.15) is 17.0 Å². The molecule has 0 spiro atoms. The van der Waals surface area contributed by atoms with Gasteiger partial charge >= 0.3 is 0 Å². The van der Waals surface area contributed by atoms with Gasteiger partial charge in [-0.3, -0.25) is 9.59 Å². The summed E-state index contributed by atoms with van der Waals surface area (Å²) in [7, 11) is 0. The van der Waals surface area contributed by atoms with Crippen LogP contribution in [-0.2, 0) is 4.79 Å². The molecule has 3 aromatic rings. The Balaban J connectivity index is 1.58. The van der Waals surface area contributed by atoms with Crippen molar-refractivity contribution in [3.63, 3.8) is 0 Å². The number of nitrogens with zero attached hydrogens (tertiary/aromatic N) is 1. The third-order valence-corrected chi connectivity index (χ3v) is 4.00. The summed E-state index contributed by atoms with van der Waals surface area (Å²) in [5.41, 5.74) is 0.442. The number of anilines is 1. The molecule has 2 aromatic heterocycles. The van der Waals surface area contributed by atoms with Gasteiger partial charge in [-0.15, -0.1) is 0 Å². The van der Waals surface area contributed by atoms with Gasteiger partial charge in [0.25, 0.3) is 5.91 Å². The van der Waals surface area contributed by atoms with Crippen molar-refractivity contribution < 1.29 is 18.7 Å². The van der Waals surface area contributed by atoms with Crippen LogP contribution in [0.4, 0.5) is 5.69 Å². The van der Waals surface area contributed by atoms with Gasteiger partial charge in [0.15, 0.2) is 11.5 Å². The highest BCUT2D eigenvalue weighted by molar-refractivity contribution is 6.35. The van der Waals surface area contributed by atoms with E-state index in [0.717, 1.165) is 0 Å². The Morgan fingerprint density at radius 1 is 1.14 bits per heavy atom. The molecule has 0 radical (unpaired) electrons. The molecule has 28 heavy (non-hydrogen) atoms. The molecule has 0 unspecified atom stereocenters. The lowest BCUT2D eigenvalue weighted by molar-refractivity contribution is -0.116. The molecule has 3 rings (SSSR count). The highest BCUT2D eigenvalue weighted by atomic mass is 35.5. The average Bonchev–Trinajstić information content (AvgIpc) is 3.20. The summed E-state index contributed by atoms with van der Waals surface area (Å²) in [6.45, 7) is 0.152. The van der Waals surface area contributed by atoms with Crippen molar-refractivity contribution in [3.8, 4) is 11.6 Å². The fourth-order valence-corrected chi connectivity index (χ4v) is 2.66. The normalized spacial score (nSPS) is 10.4. The zero-order valence-electron chi connectivity index (χ0n) is 14.4. The van der Waals surface area contributed by atoms with Crippen LogP contribution < -0.4 is 15.4 Å². The van der Waals surface area contributed by atoms with Gasteiger partial charge in [-0.1, -0.05) is 35.3 Å². The van der Waals surface area contributed by atoms with Crippen LogP contribution in [0.15, 0.2) is 59.3 Å². The Bertz CT molecular complexity index is 977. The van der Waals surface area contributed by atoms with Gasteiger partial charge in [-0.25, -0.2) is 4.98 Å². The first-order valence-corrected chi connectivity index (χ1v) is 8.98. The van der Waals surface area contributed by atoms with Gasteiger partial charge in [0.05, 0.1) is 17.0 Å². The number of amides is 2. The van der Waals surface area contributed by atoms with Crippen LogP contribution >= 0.6 is 23.2 Å². The van der Waals surface area contributed by atoms with Crippen molar-refractivity contribution in [1.29, 1.82) is 0 Å². The molecule has 0 atom stereocenters. The molecule has 2 amide bonds. The zero-order valence-corrected chi connectivity index (χ0v) is 16.0. The second-order valence-electron chi connectivity index (χ2n) is 5.57. The number of carbonyl (C=O) groups excluding carboxylic acids is 2. The molecule has 144 valence electrons. The summed E-state index contributed by atoms with van der Waals surface area (Å²) in [5, 5.41) is 5.97. The zero-order chi connectivity index (χ0) is 19.9. The predicted molar refractivity (Wildman–Crippen MR) is 105 cm³/mol. The van der Waals surface area contributed by atoms with E-state index in [1.54, 1.807) is 36.4 Å². The number of hydrogen-bond donors (Lipinski definition) is 2. The smallest absolute Gasteiger partial charge is 0.286 e. The molecule has 2 N–H and O–H groups in total. The fourth-order valence-electron chi connectivity index (χ4n) is 2.24. The summed E-state index contributed by atoms with van der Waals surface area (Å²) < 4.78 is 10.7. The standard InChI is InChI=1S/C19H15Cl2N3O4/c20-12-10-13(21)19(23-11-12)28-15-5-2-1-4-14(15)24-17(25)7-8-22-18(26)16-6-3-9-27-16/h1-6,9-11H,7-8H2,(H,22,26)(H,24,25). The van der Waals surface area contributed by atoms with Gasteiger partial charge in [0.1, 0.15) is 5.02 Å². The topological polar surface area (TPSA) is 93.5 Å². The molecule has 0 saturated heterocycles. The first-order valence-electron chi connectivity index (χ1n) is 8.22. The lowest BCUT2D eigenvalue weighted by Crippen LogP contribution is -2.27. The molecule has 2 heterocycles. The lowest BCUT2D eigenvalue weighted by atomic mass is 10.2. The Morgan fingerprint density at radius 3 is 2.71 bits per heavy atom. The van der Waals surface area contributed by atoms with Crippen LogP contribution in [0.3, 0.4) is 0 Å². The first-order chi connectivity index (χ1) is 13.5. The molecular formula is C19H15Cl2N3O4. The van der Waals surface area contributed by atoms with Crippen molar-refractivity contribution in [2.45, 2.75) is 6.42 Å². The van der Waals surface area contributed by atoms with E-state index in [2.05, 4.69) is 15.6 Å². The summed E-state index contributed by atoms with van der Waals surface area (Å²) in [6, 6.07) is 11.5. The second kappa shape index (κ2) is 9.25. The third kappa shape index (κ3) is 5.25. The molecule has 0 bridgehead atoms. The van der Waals surface area contributed by atoms with Crippen molar-refractivity contribution in [1.82, 2.24) is 10.3 Å². The highest BCUT2D eigenvalue weighted by Gasteiger charge is 2.13. The molecule has 7 nitrogen and oxygen atoms in total. The fraction of sp³-hybridized carbons (Fsp3) is 0.105. The first kappa shape index (κ1) is 19.7. The van der Waals surface area contributed by atoms with Gasteiger partial charge in [-0.2, -0.15) is 0 Å². The summed E-state index contributed by atoms with van der Waals surface area (Å²) in [6.07, 6.45) is 2.88. The maximum absolute atomic E-state index is 12.2. The van der Waals surface area contributed by atoms with Crippen LogP contribution in [0.2, 0.25) is 10.0 Å². The minimum atomic E-state index is -0.384. The predicted octanol–water partition coefficient (Wildman–Crippen LogP) is 4.53. The average molecular weight is 420 g/mol. The van der Waals surface area contributed by atoms with Gasteiger partial charge in [0, 0.05) is 19.2 Å². The number of hydrogen-bond acceptors (Lipinski definition) is 5. The van der Waals surface area contributed by atoms with Crippen LogP contribution in [0.25, 0.3) is 0 Å². The molecule has 0 aliphatic carbocycles. The van der Waals surface area contributed by atoms with E-state index >= 15 is 0 Å². The number of benzene rings is 1. The number of furan rings is 1. The molecule has 0 fully saturated rings. The van der Waals surface area contributed by atoms with Gasteiger partial charge in [0.2, 0.25) is 11.8 Å². The quantitative estimate of drug-likeness (QED) is 0.586. The summed E-state index contributed by atoms with van der Waals surface area (Å²) in [5.74, 6) is 0.0353. The van der Waals surface area contributed by atoms with Gasteiger partial charge in [-0.05, 0) is 30.3 Å². The Labute approximate surface area is 170 Å². The van der Waals surface area contributed by atoms with Crippen LogP contribution in [0.5, 0.6) is 11.6 Å². The highest BCUT2D eigenvalue weighted by Crippen LogP contribution is 2.33. The van der Waals surface area contributed by atoms with Crippen molar-refractivity contribution in [2.75, 3.05) is 11.9 Å². The lowest BCUT2D eigenvalue weighted by Gasteiger charge is -2.12. The van der Waals surface area contributed by atoms with E-state index in [1.165, 1.54) is 18.5 Å². The summed E-state index contributed by atoms with van der Waals surface area (Å²) >= 11 is 11.9. The SMILES string of the molecule is O=C(CCNC(=O)c1ccco1)Nc1ccccc1Oc1ncc(Cl)cc1Cl. The number of para-hydroxylation sites is 2. The minimum Gasteiger partial charge on any atom is -0.459 e. The molecule has 0 aliphatic rings. The van der Waals surface area contributed by atoms with E-state index in [-0.39, 0.29) is 41.4 Å².